The minimum absolute atomic E-state index is 0.0902. The highest BCUT2D eigenvalue weighted by Gasteiger charge is 2.18. The highest BCUT2D eigenvalue weighted by molar-refractivity contribution is 5.68. The molecule has 0 radical (unpaired) electrons. The van der Waals surface area contributed by atoms with Gasteiger partial charge in [-0.05, 0) is 51.8 Å². The Bertz CT molecular complexity index is 424. The van der Waals surface area contributed by atoms with Crippen LogP contribution in [0.25, 0.3) is 0 Å². The number of carbonyl (C=O) groups is 1. The fraction of sp³-hybridized carbons (Fsp3) is 0.533. The first-order valence-corrected chi connectivity index (χ1v) is 6.60. The zero-order valence-corrected chi connectivity index (χ0v) is 12.2. The molecule has 3 N–H and O–H groups in total. The largest absolute Gasteiger partial charge is 0.444 e. The standard InChI is InChI=1S/C15H24N2O2/c1-11(17-14(18)19-15(2,3)4)13-7-5-6-12(10-13)8-9-16/h5-7,10-11H,8-9,16H2,1-4H3,(H,17,18)/t11-/m0/s1. The Balaban J connectivity index is 2.64. The molecule has 4 heteroatoms. The zero-order valence-electron chi connectivity index (χ0n) is 12.2. The highest BCUT2D eigenvalue weighted by atomic mass is 16.6. The SMILES string of the molecule is C[C@H](NC(=O)OC(C)(C)C)c1cccc(CCN)c1. The number of carbonyl (C=O) groups excluding carboxylic acids is 1. The van der Waals surface area contributed by atoms with E-state index in [1.165, 1.54) is 5.56 Å². The van der Waals surface area contributed by atoms with Crippen LogP contribution in [0.2, 0.25) is 0 Å². The van der Waals surface area contributed by atoms with Gasteiger partial charge < -0.3 is 15.8 Å². The van der Waals surface area contributed by atoms with Gasteiger partial charge in [0.2, 0.25) is 0 Å². The number of benzene rings is 1. The summed E-state index contributed by atoms with van der Waals surface area (Å²) in [5.41, 5.74) is 7.30. The number of nitrogens with two attached hydrogens (primary N) is 1. The maximum Gasteiger partial charge on any atom is 0.408 e. The Kier molecular flexibility index (Phi) is 5.36. The van der Waals surface area contributed by atoms with Gasteiger partial charge in [-0.15, -0.1) is 0 Å². The lowest BCUT2D eigenvalue weighted by atomic mass is 10.0. The number of rotatable bonds is 4. The van der Waals surface area contributed by atoms with Crippen LogP contribution in [0.15, 0.2) is 24.3 Å². The molecular formula is C15H24N2O2. The van der Waals surface area contributed by atoms with Crippen molar-refractivity contribution in [2.24, 2.45) is 5.73 Å². The molecule has 1 atom stereocenters. The summed E-state index contributed by atoms with van der Waals surface area (Å²) in [5, 5.41) is 2.83. The molecule has 0 aliphatic heterocycles. The van der Waals surface area contributed by atoms with Crippen LogP contribution in [0, 0.1) is 0 Å². The first kappa shape index (κ1) is 15.5. The Hall–Kier alpha value is -1.55. The third kappa shape index (κ3) is 5.75. The fourth-order valence-electron chi connectivity index (χ4n) is 1.75. The van der Waals surface area contributed by atoms with Gasteiger partial charge in [0.25, 0.3) is 0 Å². The van der Waals surface area contributed by atoms with E-state index in [0.29, 0.717) is 6.54 Å². The Morgan fingerprint density at radius 3 is 2.68 bits per heavy atom. The van der Waals surface area contributed by atoms with Gasteiger partial charge in [0.1, 0.15) is 5.60 Å². The van der Waals surface area contributed by atoms with Crippen molar-refractivity contribution in [3.63, 3.8) is 0 Å². The maximum absolute atomic E-state index is 11.7. The summed E-state index contributed by atoms with van der Waals surface area (Å²) in [7, 11) is 0. The van der Waals surface area contributed by atoms with Crippen LogP contribution in [0.1, 0.15) is 44.9 Å². The zero-order chi connectivity index (χ0) is 14.5. The quantitative estimate of drug-likeness (QED) is 0.879. The smallest absolute Gasteiger partial charge is 0.408 e. The molecule has 0 fully saturated rings. The second-order valence-corrected chi connectivity index (χ2v) is 5.65. The Labute approximate surface area is 115 Å². The van der Waals surface area contributed by atoms with E-state index < -0.39 is 11.7 Å². The van der Waals surface area contributed by atoms with Crippen molar-refractivity contribution in [2.45, 2.75) is 45.8 Å². The molecule has 0 saturated heterocycles. The van der Waals surface area contributed by atoms with Crippen molar-refractivity contribution in [2.75, 3.05) is 6.54 Å². The molecule has 0 aliphatic carbocycles. The summed E-state index contributed by atoms with van der Waals surface area (Å²) in [6.45, 7) is 8.10. The van der Waals surface area contributed by atoms with Gasteiger partial charge >= 0.3 is 6.09 Å². The van der Waals surface area contributed by atoms with Crippen molar-refractivity contribution < 1.29 is 9.53 Å². The van der Waals surface area contributed by atoms with Gasteiger partial charge in [-0.1, -0.05) is 24.3 Å². The summed E-state index contributed by atoms with van der Waals surface area (Å²) in [6.07, 6.45) is 0.441. The van der Waals surface area contributed by atoms with Gasteiger partial charge in [-0.2, -0.15) is 0 Å². The van der Waals surface area contributed by atoms with Crippen LogP contribution < -0.4 is 11.1 Å². The van der Waals surface area contributed by atoms with E-state index in [2.05, 4.69) is 11.4 Å². The van der Waals surface area contributed by atoms with Gasteiger partial charge in [0.05, 0.1) is 6.04 Å². The Morgan fingerprint density at radius 2 is 2.11 bits per heavy atom. The number of hydrogen-bond donors (Lipinski definition) is 2. The Morgan fingerprint density at radius 1 is 1.42 bits per heavy atom. The summed E-state index contributed by atoms with van der Waals surface area (Å²) in [4.78, 5) is 11.7. The molecule has 0 bridgehead atoms. The normalized spacial score (nSPS) is 12.9. The van der Waals surface area contributed by atoms with Crippen molar-refractivity contribution in [1.29, 1.82) is 0 Å². The second-order valence-electron chi connectivity index (χ2n) is 5.65. The third-order valence-electron chi connectivity index (χ3n) is 2.62. The van der Waals surface area contributed by atoms with Crippen LogP contribution in [0.4, 0.5) is 4.79 Å². The minimum atomic E-state index is -0.481. The van der Waals surface area contributed by atoms with Gasteiger partial charge in [-0.3, -0.25) is 0 Å². The van der Waals surface area contributed by atoms with Crippen LogP contribution in [0.5, 0.6) is 0 Å². The molecular weight excluding hydrogens is 240 g/mol. The van der Waals surface area contributed by atoms with E-state index in [1.807, 2.05) is 45.9 Å². The highest BCUT2D eigenvalue weighted by Crippen LogP contribution is 2.15. The summed E-state index contributed by atoms with van der Waals surface area (Å²) in [6, 6.07) is 7.98. The molecule has 0 spiro atoms. The van der Waals surface area contributed by atoms with E-state index >= 15 is 0 Å². The second kappa shape index (κ2) is 6.57. The van der Waals surface area contributed by atoms with E-state index in [1.54, 1.807) is 0 Å². The van der Waals surface area contributed by atoms with Crippen LogP contribution in [0.3, 0.4) is 0 Å². The van der Waals surface area contributed by atoms with Gasteiger partial charge in [0, 0.05) is 0 Å². The molecule has 0 unspecified atom stereocenters. The maximum atomic E-state index is 11.7. The number of nitrogens with one attached hydrogen (secondary N) is 1. The fourth-order valence-corrected chi connectivity index (χ4v) is 1.75. The average molecular weight is 264 g/mol. The van der Waals surface area contributed by atoms with Crippen LogP contribution in [-0.4, -0.2) is 18.2 Å². The lowest BCUT2D eigenvalue weighted by Gasteiger charge is -2.22. The monoisotopic (exact) mass is 264 g/mol. The molecule has 0 saturated carbocycles. The number of amides is 1. The van der Waals surface area contributed by atoms with Crippen LogP contribution in [-0.2, 0) is 11.2 Å². The summed E-state index contributed by atoms with van der Waals surface area (Å²) < 4.78 is 5.24. The molecule has 0 aromatic heterocycles. The van der Waals surface area contributed by atoms with Gasteiger partial charge in [0.15, 0.2) is 0 Å². The predicted molar refractivity (Wildman–Crippen MR) is 77.0 cm³/mol. The molecule has 4 nitrogen and oxygen atoms in total. The average Bonchev–Trinajstić information content (AvgIpc) is 2.27. The lowest BCUT2D eigenvalue weighted by molar-refractivity contribution is 0.0508. The molecule has 1 aromatic carbocycles. The van der Waals surface area contributed by atoms with E-state index in [-0.39, 0.29) is 6.04 Å². The molecule has 19 heavy (non-hydrogen) atoms. The molecule has 106 valence electrons. The number of alkyl carbamates (subject to hydrolysis) is 1. The van der Waals surface area contributed by atoms with E-state index in [4.69, 9.17) is 10.5 Å². The van der Waals surface area contributed by atoms with Gasteiger partial charge in [-0.25, -0.2) is 4.79 Å². The molecule has 1 rings (SSSR count). The topological polar surface area (TPSA) is 64.3 Å². The molecule has 0 heterocycles. The number of hydrogen-bond acceptors (Lipinski definition) is 3. The lowest BCUT2D eigenvalue weighted by Crippen LogP contribution is -2.34. The van der Waals surface area contributed by atoms with Crippen molar-refractivity contribution in [3.05, 3.63) is 35.4 Å². The molecule has 1 aromatic rings. The molecule has 0 aliphatic rings. The van der Waals surface area contributed by atoms with Crippen molar-refractivity contribution in [3.8, 4) is 0 Å². The first-order valence-electron chi connectivity index (χ1n) is 6.60. The molecule has 1 amide bonds. The predicted octanol–water partition coefficient (Wildman–Crippen LogP) is 2.77. The summed E-state index contributed by atoms with van der Waals surface area (Å²) in [5.74, 6) is 0. The van der Waals surface area contributed by atoms with E-state index in [0.717, 1.165) is 12.0 Å². The van der Waals surface area contributed by atoms with Crippen LogP contribution >= 0.6 is 0 Å². The van der Waals surface area contributed by atoms with Crippen molar-refractivity contribution in [1.82, 2.24) is 5.32 Å². The van der Waals surface area contributed by atoms with E-state index in [9.17, 15) is 4.79 Å². The van der Waals surface area contributed by atoms with Crippen molar-refractivity contribution >= 4 is 6.09 Å². The summed E-state index contributed by atoms with van der Waals surface area (Å²) >= 11 is 0. The minimum Gasteiger partial charge on any atom is -0.444 e. The first-order chi connectivity index (χ1) is 8.81. The number of ether oxygens (including phenoxy) is 1. The third-order valence-corrected chi connectivity index (χ3v) is 2.62.